The Bertz CT molecular complexity index is 1120. The fourth-order valence-electron chi connectivity index (χ4n) is 4.76. The maximum absolute atomic E-state index is 13.1. The number of carbonyl (C=O) groups is 1. The Balaban J connectivity index is 1.45. The number of nitrogens with two attached hydrogens (primary N) is 1. The van der Waals surface area contributed by atoms with Gasteiger partial charge in [-0.15, -0.1) is 4.36 Å². The lowest BCUT2D eigenvalue weighted by Crippen LogP contribution is -2.19. The first-order valence-electron chi connectivity index (χ1n) is 10.2. The van der Waals surface area contributed by atoms with Gasteiger partial charge in [0.2, 0.25) is 5.88 Å². The Morgan fingerprint density at radius 3 is 2.70 bits per heavy atom. The zero-order valence-electron chi connectivity index (χ0n) is 16.8. The van der Waals surface area contributed by atoms with E-state index in [1.54, 1.807) is 11.8 Å². The van der Waals surface area contributed by atoms with E-state index in [0.717, 1.165) is 44.2 Å². The molecule has 2 amide bonds. The fraction of sp³-hybridized carbons (Fsp3) is 0.500. The van der Waals surface area contributed by atoms with Crippen LogP contribution in [0, 0.1) is 0 Å². The molecule has 0 saturated carbocycles. The smallest absolute Gasteiger partial charge is 0.354 e. The summed E-state index contributed by atoms with van der Waals surface area (Å²) in [7, 11) is -1.93. The molecule has 1 aromatic carbocycles. The third-order valence-electron chi connectivity index (χ3n) is 6.07. The summed E-state index contributed by atoms with van der Waals surface area (Å²) in [6.07, 6.45) is 7.43. The third kappa shape index (κ3) is 3.19. The number of urea groups is 1. The summed E-state index contributed by atoms with van der Waals surface area (Å²) in [5.74, 6) is 0.280. The summed E-state index contributed by atoms with van der Waals surface area (Å²) >= 11 is 0. The van der Waals surface area contributed by atoms with Crippen LogP contribution in [-0.4, -0.2) is 40.3 Å². The SMILES string of the molecule is COC[C@@H]1COc2c(S(N)(=O)=NC(=O)Nc3c4c(cc5c3CCC5)CCC4)cnn21. The molecule has 1 unspecified atom stereocenters. The van der Waals surface area contributed by atoms with Crippen molar-refractivity contribution in [2.75, 3.05) is 25.6 Å². The molecule has 2 heterocycles. The van der Waals surface area contributed by atoms with Crippen LogP contribution in [0.3, 0.4) is 0 Å². The number of rotatable bonds is 4. The van der Waals surface area contributed by atoms with Crippen LogP contribution < -0.4 is 15.2 Å². The van der Waals surface area contributed by atoms with Crippen molar-refractivity contribution in [3.63, 3.8) is 0 Å². The summed E-state index contributed by atoms with van der Waals surface area (Å²) in [5.41, 5.74) is 5.80. The van der Waals surface area contributed by atoms with E-state index in [-0.39, 0.29) is 16.8 Å². The number of amides is 2. The Labute approximate surface area is 175 Å². The molecule has 5 rings (SSSR count). The van der Waals surface area contributed by atoms with Crippen molar-refractivity contribution in [3.8, 4) is 5.88 Å². The molecule has 0 saturated heterocycles. The van der Waals surface area contributed by atoms with Gasteiger partial charge in [-0.2, -0.15) is 5.10 Å². The number of aromatic nitrogens is 2. The molecule has 2 aliphatic carbocycles. The molecule has 0 spiro atoms. The van der Waals surface area contributed by atoms with E-state index >= 15 is 0 Å². The molecule has 2 atom stereocenters. The van der Waals surface area contributed by atoms with Gasteiger partial charge in [0, 0.05) is 12.8 Å². The maximum atomic E-state index is 13.1. The summed E-state index contributed by atoms with van der Waals surface area (Å²) < 4.78 is 29.3. The molecule has 10 heteroatoms. The second kappa shape index (κ2) is 7.36. The molecule has 0 radical (unpaired) electrons. The lowest BCUT2D eigenvalue weighted by atomic mass is 9.99. The lowest BCUT2D eigenvalue weighted by Gasteiger charge is -2.15. The number of ether oxygens (including phenoxy) is 2. The second-order valence-electron chi connectivity index (χ2n) is 8.00. The minimum Gasteiger partial charge on any atom is -0.475 e. The van der Waals surface area contributed by atoms with E-state index < -0.39 is 15.9 Å². The Morgan fingerprint density at radius 2 is 2.03 bits per heavy atom. The first kappa shape index (κ1) is 19.5. The molecule has 0 fully saturated rings. The van der Waals surface area contributed by atoms with Crippen LogP contribution in [0.2, 0.25) is 0 Å². The van der Waals surface area contributed by atoms with Crippen molar-refractivity contribution in [2.45, 2.75) is 49.5 Å². The molecule has 0 bridgehead atoms. The van der Waals surface area contributed by atoms with Gasteiger partial charge in [-0.25, -0.2) is 18.8 Å². The average Bonchev–Trinajstić information content (AvgIpc) is 3.46. The summed E-state index contributed by atoms with van der Waals surface area (Å²) in [5, 5.41) is 13.1. The third-order valence-corrected chi connectivity index (χ3v) is 7.42. The summed E-state index contributed by atoms with van der Waals surface area (Å²) in [6, 6.07) is 1.45. The molecule has 3 aliphatic rings. The standard InChI is InChI=1S/C20H25N5O4S/c1-28-10-14-11-29-19-17(9-22-25(14)19)30(21,27)24-20(26)23-18-15-6-2-4-12(15)8-13-5-3-7-16(13)18/h8-9,14H,2-7,10-11H2,1H3,(H3,21,23,24,26,27)/t14-,30?/m1/s1. The van der Waals surface area contributed by atoms with Crippen LogP contribution in [0.4, 0.5) is 10.5 Å². The molecule has 1 aliphatic heterocycles. The molecule has 30 heavy (non-hydrogen) atoms. The predicted octanol–water partition coefficient (Wildman–Crippen LogP) is 2.37. The summed E-state index contributed by atoms with van der Waals surface area (Å²) in [4.78, 5) is 12.9. The monoisotopic (exact) mass is 431 g/mol. The Kier molecular flexibility index (Phi) is 4.79. The van der Waals surface area contributed by atoms with Gasteiger partial charge in [0.1, 0.15) is 17.5 Å². The molecular weight excluding hydrogens is 406 g/mol. The minimum absolute atomic E-state index is 0.125. The number of methoxy groups -OCH3 is 1. The van der Waals surface area contributed by atoms with Crippen molar-refractivity contribution in [3.05, 3.63) is 34.5 Å². The molecule has 2 aromatic rings. The van der Waals surface area contributed by atoms with Gasteiger partial charge >= 0.3 is 6.03 Å². The highest BCUT2D eigenvalue weighted by Crippen LogP contribution is 2.39. The zero-order valence-corrected chi connectivity index (χ0v) is 17.7. The van der Waals surface area contributed by atoms with Gasteiger partial charge in [-0.05, 0) is 60.8 Å². The fourth-order valence-corrected chi connectivity index (χ4v) is 5.75. The van der Waals surface area contributed by atoms with Crippen molar-refractivity contribution in [1.82, 2.24) is 9.78 Å². The van der Waals surface area contributed by atoms with Gasteiger partial charge < -0.3 is 14.8 Å². The van der Waals surface area contributed by atoms with Gasteiger partial charge in [-0.3, -0.25) is 0 Å². The number of nitrogens with one attached hydrogen (secondary N) is 1. The van der Waals surface area contributed by atoms with E-state index in [4.69, 9.17) is 14.6 Å². The van der Waals surface area contributed by atoms with Crippen molar-refractivity contribution in [2.24, 2.45) is 9.50 Å². The quantitative estimate of drug-likeness (QED) is 0.770. The van der Waals surface area contributed by atoms with E-state index in [9.17, 15) is 9.00 Å². The molecule has 160 valence electrons. The number of hydrogen-bond donors (Lipinski definition) is 2. The van der Waals surface area contributed by atoms with Crippen LogP contribution in [-0.2, 0) is 40.3 Å². The first-order valence-corrected chi connectivity index (χ1v) is 11.8. The highest BCUT2D eigenvalue weighted by molar-refractivity contribution is 7.91. The van der Waals surface area contributed by atoms with Crippen LogP contribution in [0.5, 0.6) is 5.88 Å². The van der Waals surface area contributed by atoms with Gasteiger partial charge in [0.25, 0.3) is 0 Å². The molecule has 1 aromatic heterocycles. The van der Waals surface area contributed by atoms with Gasteiger partial charge in [0.15, 0.2) is 9.92 Å². The second-order valence-corrected chi connectivity index (χ2v) is 9.76. The number of benzene rings is 1. The average molecular weight is 432 g/mol. The number of fused-ring (bicyclic) bond motifs is 3. The van der Waals surface area contributed by atoms with Crippen LogP contribution in [0.25, 0.3) is 0 Å². The number of aryl methyl sites for hydroxylation is 2. The maximum Gasteiger partial charge on any atom is 0.354 e. The van der Waals surface area contributed by atoms with Crippen molar-refractivity contribution < 1.29 is 18.5 Å². The largest absolute Gasteiger partial charge is 0.475 e. The van der Waals surface area contributed by atoms with E-state index in [0.29, 0.717) is 13.2 Å². The van der Waals surface area contributed by atoms with Crippen molar-refractivity contribution in [1.29, 1.82) is 0 Å². The number of anilines is 1. The van der Waals surface area contributed by atoms with Gasteiger partial charge in [0.05, 0.1) is 12.8 Å². The van der Waals surface area contributed by atoms with Crippen LogP contribution in [0.15, 0.2) is 21.5 Å². The highest BCUT2D eigenvalue weighted by Gasteiger charge is 2.32. The normalized spacial score (nSPS) is 20.8. The Morgan fingerprint density at radius 1 is 1.33 bits per heavy atom. The minimum atomic E-state index is -3.51. The van der Waals surface area contributed by atoms with Crippen LogP contribution in [0.1, 0.15) is 41.1 Å². The molecule has 3 N–H and O–H groups in total. The van der Waals surface area contributed by atoms with E-state index in [1.165, 1.54) is 28.5 Å². The van der Waals surface area contributed by atoms with E-state index in [2.05, 4.69) is 20.8 Å². The summed E-state index contributed by atoms with van der Waals surface area (Å²) in [6.45, 7) is 0.746. The van der Waals surface area contributed by atoms with Crippen molar-refractivity contribution >= 4 is 21.6 Å². The lowest BCUT2D eigenvalue weighted by molar-refractivity contribution is 0.145. The Hall–Kier alpha value is -2.43. The highest BCUT2D eigenvalue weighted by atomic mass is 32.2. The van der Waals surface area contributed by atoms with E-state index in [1.807, 2.05) is 0 Å². The molecular formula is C20H25N5O4S. The number of nitrogens with zero attached hydrogens (tertiary/aromatic N) is 3. The van der Waals surface area contributed by atoms with Crippen LogP contribution >= 0.6 is 0 Å². The first-order chi connectivity index (χ1) is 14.5. The zero-order chi connectivity index (χ0) is 20.9. The molecule has 9 nitrogen and oxygen atoms in total. The van der Waals surface area contributed by atoms with Gasteiger partial charge in [-0.1, -0.05) is 6.07 Å². The topological polar surface area (TPSA) is 121 Å². The number of carbonyl (C=O) groups excluding carboxylic acids is 1. The number of hydrogen-bond acceptors (Lipinski definition) is 5. The predicted molar refractivity (Wildman–Crippen MR) is 111 cm³/mol.